The van der Waals surface area contributed by atoms with Crippen molar-refractivity contribution in [3.05, 3.63) is 76.6 Å². The summed E-state index contributed by atoms with van der Waals surface area (Å²) in [6.45, 7) is 5.64. The topological polar surface area (TPSA) is 82.8 Å². The number of nitrogens with zero attached hydrogens (tertiary/aromatic N) is 4. The Morgan fingerprint density at radius 3 is 2.60 bits per heavy atom. The Morgan fingerprint density at radius 1 is 1.20 bits per heavy atom. The predicted molar refractivity (Wildman–Crippen MR) is 117 cm³/mol. The van der Waals surface area contributed by atoms with Gasteiger partial charge in [0.25, 0.3) is 5.91 Å². The van der Waals surface area contributed by atoms with Crippen molar-refractivity contribution >= 4 is 23.7 Å². The van der Waals surface area contributed by atoms with E-state index in [1.807, 2.05) is 77.1 Å². The Hall–Kier alpha value is -3.00. The van der Waals surface area contributed by atoms with E-state index in [2.05, 4.69) is 4.98 Å². The fourth-order valence-electron chi connectivity index (χ4n) is 3.93. The summed E-state index contributed by atoms with van der Waals surface area (Å²) in [5.41, 5.74) is 8.05. The molecule has 2 aromatic rings. The van der Waals surface area contributed by atoms with Crippen LogP contribution in [0.15, 0.2) is 65.3 Å². The smallest absolute Gasteiger partial charge is 0.322 e. The lowest BCUT2D eigenvalue weighted by Gasteiger charge is -2.34. The first-order valence-corrected chi connectivity index (χ1v) is 10.8. The molecule has 0 radical (unpaired) electrons. The first-order chi connectivity index (χ1) is 14.5. The van der Waals surface area contributed by atoms with Crippen LogP contribution in [-0.2, 0) is 11.3 Å². The Bertz CT molecular complexity index is 966. The third-order valence-electron chi connectivity index (χ3n) is 5.62. The normalized spacial score (nSPS) is 20.3. The molecule has 7 nitrogen and oxygen atoms in total. The van der Waals surface area contributed by atoms with E-state index in [0.29, 0.717) is 24.5 Å². The number of primary amides is 1. The van der Waals surface area contributed by atoms with Gasteiger partial charge in [-0.25, -0.2) is 4.79 Å². The highest BCUT2D eigenvalue weighted by Crippen LogP contribution is 2.42. The van der Waals surface area contributed by atoms with Gasteiger partial charge in [-0.15, -0.1) is 0 Å². The summed E-state index contributed by atoms with van der Waals surface area (Å²) in [5.74, 6) is -0.466. The molecule has 1 saturated heterocycles. The van der Waals surface area contributed by atoms with Gasteiger partial charge in [0.15, 0.2) is 5.50 Å². The number of benzene rings is 1. The van der Waals surface area contributed by atoms with Crippen LogP contribution in [0.5, 0.6) is 0 Å². The van der Waals surface area contributed by atoms with Crippen molar-refractivity contribution in [2.45, 2.75) is 31.9 Å². The summed E-state index contributed by atoms with van der Waals surface area (Å²) in [6.07, 6.45) is 1.74. The minimum Gasteiger partial charge on any atom is -0.365 e. The molecule has 8 heteroatoms. The largest absolute Gasteiger partial charge is 0.365 e. The second-order valence-electron chi connectivity index (χ2n) is 7.43. The van der Waals surface area contributed by atoms with E-state index < -0.39 is 5.91 Å². The van der Waals surface area contributed by atoms with Gasteiger partial charge < -0.3 is 15.5 Å². The van der Waals surface area contributed by atoms with E-state index in [-0.39, 0.29) is 17.6 Å². The monoisotopic (exact) mass is 423 g/mol. The zero-order valence-corrected chi connectivity index (χ0v) is 17.9. The number of aromatic nitrogens is 1. The molecule has 3 amide bonds. The maximum absolute atomic E-state index is 13.4. The van der Waals surface area contributed by atoms with Crippen LogP contribution >= 0.6 is 11.8 Å². The van der Waals surface area contributed by atoms with Gasteiger partial charge in [-0.1, -0.05) is 48.2 Å². The number of thioether (sulfide) groups is 1. The lowest BCUT2D eigenvalue weighted by atomic mass is 10.1. The molecule has 0 bridgehead atoms. The van der Waals surface area contributed by atoms with E-state index in [0.717, 1.165) is 17.0 Å². The Balaban J connectivity index is 1.57. The fraction of sp³-hybridized carbons (Fsp3) is 0.318. The standard InChI is InChI=1S/C22H25N5O2S/c1-15(17-8-4-3-5-9-17)25-12-13-26(21(25)29)22-27(14-18-10-6-7-11-24-18)16(2)19(30-22)20(23)28/h3-11,15,22H,12-14H2,1-2H3,(H2,23,28). The third-order valence-corrected chi connectivity index (χ3v) is 7.07. The van der Waals surface area contributed by atoms with Gasteiger partial charge in [-0.05, 0) is 31.5 Å². The SMILES string of the molecule is CC1=C(C(N)=O)SC(N2CCN(C(C)c3ccccc3)C2=O)N1Cc1ccccn1. The van der Waals surface area contributed by atoms with Crippen molar-refractivity contribution in [2.75, 3.05) is 13.1 Å². The Labute approximate surface area is 180 Å². The predicted octanol–water partition coefficient (Wildman–Crippen LogP) is 3.13. The molecule has 4 rings (SSSR count). The molecule has 156 valence electrons. The summed E-state index contributed by atoms with van der Waals surface area (Å²) < 4.78 is 0. The number of amides is 3. The molecule has 2 atom stereocenters. The number of urea groups is 1. The first kappa shape index (κ1) is 20.3. The average Bonchev–Trinajstić information content (AvgIpc) is 3.29. The minimum absolute atomic E-state index is 0.0241. The van der Waals surface area contributed by atoms with Gasteiger partial charge >= 0.3 is 6.03 Å². The summed E-state index contributed by atoms with van der Waals surface area (Å²) in [4.78, 5) is 36.0. The molecule has 1 aromatic carbocycles. The molecule has 1 fully saturated rings. The molecule has 0 saturated carbocycles. The molecule has 2 N–H and O–H groups in total. The van der Waals surface area contributed by atoms with Gasteiger partial charge in [0.2, 0.25) is 0 Å². The van der Waals surface area contributed by atoms with Crippen molar-refractivity contribution in [1.29, 1.82) is 0 Å². The van der Waals surface area contributed by atoms with E-state index in [1.165, 1.54) is 11.8 Å². The van der Waals surface area contributed by atoms with Crippen LogP contribution in [0.2, 0.25) is 0 Å². The maximum atomic E-state index is 13.4. The quantitative estimate of drug-likeness (QED) is 0.772. The second kappa shape index (κ2) is 8.39. The summed E-state index contributed by atoms with van der Waals surface area (Å²) >= 11 is 1.35. The average molecular weight is 424 g/mol. The molecule has 30 heavy (non-hydrogen) atoms. The number of pyridine rings is 1. The summed E-state index contributed by atoms with van der Waals surface area (Å²) in [6, 6.07) is 15.7. The lowest BCUT2D eigenvalue weighted by molar-refractivity contribution is -0.114. The zero-order valence-electron chi connectivity index (χ0n) is 17.1. The zero-order chi connectivity index (χ0) is 21.3. The highest BCUT2D eigenvalue weighted by Gasteiger charge is 2.43. The van der Waals surface area contributed by atoms with Crippen molar-refractivity contribution < 1.29 is 9.59 Å². The number of carbonyl (C=O) groups is 2. The maximum Gasteiger partial charge on any atom is 0.322 e. The van der Waals surface area contributed by atoms with Gasteiger partial charge in [0.05, 0.1) is 23.2 Å². The van der Waals surface area contributed by atoms with Crippen molar-refractivity contribution in [1.82, 2.24) is 19.7 Å². The van der Waals surface area contributed by atoms with E-state index in [9.17, 15) is 9.59 Å². The first-order valence-electron chi connectivity index (χ1n) is 9.93. The number of rotatable bonds is 6. The van der Waals surface area contributed by atoms with Crippen molar-refractivity contribution in [2.24, 2.45) is 5.73 Å². The van der Waals surface area contributed by atoms with E-state index >= 15 is 0 Å². The highest BCUT2D eigenvalue weighted by molar-refractivity contribution is 8.04. The molecule has 2 aliphatic rings. The number of hydrogen-bond acceptors (Lipinski definition) is 5. The van der Waals surface area contributed by atoms with Gasteiger partial charge in [0, 0.05) is 25.0 Å². The van der Waals surface area contributed by atoms with Crippen LogP contribution in [0.4, 0.5) is 4.79 Å². The number of carbonyl (C=O) groups excluding carboxylic acids is 2. The summed E-state index contributed by atoms with van der Waals surface area (Å²) in [5, 5.41) is 0. The summed E-state index contributed by atoms with van der Waals surface area (Å²) in [7, 11) is 0. The van der Waals surface area contributed by atoms with Crippen molar-refractivity contribution in [3.63, 3.8) is 0 Å². The van der Waals surface area contributed by atoms with Crippen LogP contribution in [-0.4, -0.2) is 50.2 Å². The molecule has 3 heterocycles. The molecular formula is C22H25N5O2S. The lowest BCUT2D eigenvalue weighted by Crippen LogP contribution is -2.45. The van der Waals surface area contributed by atoms with Crippen LogP contribution in [0.1, 0.15) is 31.1 Å². The van der Waals surface area contributed by atoms with Crippen LogP contribution in [0.25, 0.3) is 0 Å². The minimum atomic E-state index is -0.466. The Morgan fingerprint density at radius 2 is 1.93 bits per heavy atom. The van der Waals surface area contributed by atoms with E-state index in [1.54, 1.807) is 6.20 Å². The number of nitrogens with two attached hydrogens (primary N) is 1. The number of hydrogen-bond donors (Lipinski definition) is 1. The highest BCUT2D eigenvalue weighted by atomic mass is 32.2. The van der Waals surface area contributed by atoms with Gasteiger partial charge in [-0.2, -0.15) is 0 Å². The molecule has 2 aliphatic heterocycles. The van der Waals surface area contributed by atoms with Gasteiger partial charge in [-0.3, -0.25) is 14.7 Å². The molecule has 0 aliphatic carbocycles. The molecule has 2 unspecified atom stereocenters. The van der Waals surface area contributed by atoms with Crippen LogP contribution in [0.3, 0.4) is 0 Å². The number of allylic oxidation sites excluding steroid dienone is 1. The molecule has 0 spiro atoms. The van der Waals surface area contributed by atoms with Crippen LogP contribution < -0.4 is 5.73 Å². The molecular weight excluding hydrogens is 398 g/mol. The second-order valence-corrected chi connectivity index (χ2v) is 8.49. The third kappa shape index (κ3) is 3.75. The van der Waals surface area contributed by atoms with E-state index in [4.69, 9.17) is 5.73 Å². The molecule has 1 aromatic heterocycles. The van der Waals surface area contributed by atoms with Gasteiger partial charge in [0.1, 0.15) is 0 Å². The fourth-order valence-corrected chi connectivity index (χ4v) is 5.23. The Kier molecular flexibility index (Phi) is 5.67. The van der Waals surface area contributed by atoms with Crippen molar-refractivity contribution in [3.8, 4) is 0 Å². The van der Waals surface area contributed by atoms with Crippen LogP contribution in [0, 0.1) is 0 Å².